The second kappa shape index (κ2) is 6.32. The molecule has 0 aliphatic carbocycles. The van der Waals surface area contributed by atoms with E-state index in [0.29, 0.717) is 0 Å². The minimum atomic E-state index is 0.0597. The Kier molecular flexibility index (Phi) is 4.24. The molecule has 0 fully saturated rings. The van der Waals surface area contributed by atoms with Crippen molar-refractivity contribution in [2.75, 3.05) is 26.8 Å². The van der Waals surface area contributed by atoms with Crippen molar-refractivity contribution in [3.63, 3.8) is 0 Å². The number of rotatable bonds is 3. The first-order valence-corrected chi connectivity index (χ1v) is 7.57. The summed E-state index contributed by atoms with van der Waals surface area (Å²) in [5.41, 5.74) is 4.67. The van der Waals surface area contributed by atoms with Crippen LogP contribution in [0, 0.1) is 0 Å². The van der Waals surface area contributed by atoms with Crippen LogP contribution < -0.4 is 0 Å². The molecule has 116 valence electrons. The Morgan fingerprint density at radius 2 is 1.95 bits per heavy atom. The summed E-state index contributed by atoms with van der Waals surface area (Å²) >= 11 is 0. The zero-order valence-corrected chi connectivity index (χ0v) is 13.1. The molecule has 1 aliphatic rings. The molecule has 5 heteroatoms. The third kappa shape index (κ3) is 2.76. The zero-order chi connectivity index (χ0) is 15.5. The molecule has 1 aromatic carbocycles. The Morgan fingerprint density at radius 1 is 1.23 bits per heavy atom. The Balaban J connectivity index is 1.88. The van der Waals surface area contributed by atoms with Crippen LogP contribution in [0.3, 0.4) is 0 Å². The van der Waals surface area contributed by atoms with Crippen LogP contribution in [-0.4, -0.2) is 47.4 Å². The first-order valence-electron chi connectivity index (χ1n) is 7.57. The van der Waals surface area contributed by atoms with Gasteiger partial charge in [-0.15, -0.1) is 0 Å². The van der Waals surface area contributed by atoms with Gasteiger partial charge in [-0.05, 0) is 6.42 Å². The lowest BCUT2D eigenvalue weighted by molar-refractivity contribution is -0.135. The van der Waals surface area contributed by atoms with Gasteiger partial charge in [-0.1, -0.05) is 30.3 Å². The first kappa shape index (κ1) is 14.8. The topological polar surface area (TPSA) is 47.4 Å². The van der Waals surface area contributed by atoms with Crippen LogP contribution in [0.1, 0.15) is 11.3 Å². The van der Waals surface area contributed by atoms with E-state index in [4.69, 9.17) is 9.84 Å². The first-order chi connectivity index (χ1) is 10.7. The number of fused-ring (bicyclic) bond motifs is 1. The maximum absolute atomic E-state index is 12.0. The van der Waals surface area contributed by atoms with Gasteiger partial charge in [0, 0.05) is 50.5 Å². The van der Waals surface area contributed by atoms with Crippen LogP contribution in [-0.2, 0) is 29.4 Å². The van der Waals surface area contributed by atoms with E-state index < -0.39 is 0 Å². The molecular weight excluding hydrogens is 278 g/mol. The third-order valence-electron chi connectivity index (χ3n) is 4.19. The number of benzene rings is 1. The average molecular weight is 299 g/mol. The molecule has 5 nitrogen and oxygen atoms in total. The number of aromatic nitrogens is 2. The minimum Gasteiger partial charge on any atom is -0.375 e. The number of aryl methyl sites for hydroxylation is 1. The van der Waals surface area contributed by atoms with Gasteiger partial charge in [-0.3, -0.25) is 9.48 Å². The van der Waals surface area contributed by atoms with E-state index in [0.717, 1.165) is 37.2 Å². The summed E-state index contributed by atoms with van der Waals surface area (Å²) in [6.45, 7) is 1.60. The number of nitrogens with zero attached hydrogens (tertiary/aromatic N) is 3. The van der Waals surface area contributed by atoms with Crippen molar-refractivity contribution in [1.29, 1.82) is 0 Å². The number of hydrogen-bond donors (Lipinski definition) is 0. The molecule has 0 bridgehead atoms. The second-order valence-electron chi connectivity index (χ2n) is 5.58. The van der Waals surface area contributed by atoms with Crippen molar-refractivity contribution in [2.45, 2.75) is 12.8 Å². The highest BCUT2D eigenvalue weighted by Crippen LogP contribution is 2.27. The van der Waals surface area contributed by atoms with Gasteiger partial charge in [0.2, 0.25) is 5.91 Å². The maximum Gasteiger partial charge on any atom is 0.248 e. The SMILES string of the molecule is COCC(=O)N1CCc2c(-c3ccccc3)nn(C)c2CC1. The molecular formula is C17H21N3O2. The van der Waals surface area contributed by atoms with Crippen molar-refractivity contribution in [3.8, 4) is 11.3 Å². The summed E-state index contributed by atoms with van der Waals surface area (Å²) in [4.78, 5) is 13.9. The maximum atomic E-state index is 12.0. The third-order valence-corrected chi connectivity index (χ3v) is 4.19. The van der Waals surface area contributed by atoms with E-state index in [2.05, 4.69) is 12.1 Å². The zero-order valence-electron chi connectivity index (χ0n) is 13.1. The number of carbonyl (C=O) groups excluding carboxylic acids is 1. The van der Waals surface area contributed by atoms with Crippen molar-refractivity contribution in [2.24, 2.45) is 7.05 Å². The van der Waals surface area contributed by atoms with Crippen LogP contribution in [0.15, 0.2) is 30.3 Å². The Morgan fingerprint density at radius 3 is 2.68 bits per heavy atom. The van der Waals surface area contributed by atoms with Crippen LogP contribution >= 0.6 is 0 Å². The number of amides is 1. The number of ether oxygens (including phenoxy) is 1. The molecule has 22 heavy (non-hydrogen) atoms. The Hall–Kier alpha value is -2.14. The molecule has 0 atom stereocenters. The van der Waals surface area contributed by atoms with Gasteiger partial charge in [-0.2, -0.15) is 5.10 Å². The molecule has 0 N–H and O–H groups in total. The number of methoxy groups -OCH3 is 1. The Labute approximate surface area is 130 Å². The standard InChI is InChI=1S/C17H21N3O2/c1-19-15-9-11-20(16(21)12-22-2)10-8-14(15)17(18-19)13-6-4-3-5-7-13/h3-7H,8-12H2,1-2H3. The number of hydrogen-bond acceptors (Lipinski definition) is 3. The summed E-state index contributed by atoms with van der Waals surface area (Å²) in [6, 6.07) is 10.2. The largest absolute Gasteiger partial charge is 0.375 e. The van der Waals surface area contributed by atoms with E-state index in [1.165, 1.54) is 11.3 Å². The highest BCUT2D eigenvalue weighted by Gasteiger charge is 2.24. The predicted octanol–water partition coefficient (Wildman–Crippen LogP) is 1.66. The van der Waals surface area contributed by atoms with Gasteiger partial charge in [-0.25, -0.2) is 0 Å². The predicted molar refractivity (Wildman–Crippen MR) is 84.5 cm³/mol. The smallest absolute Gasteiger partial charge is 0.248 e. The van der Waals surface area contributed by atoms with Crippen LogP contribution in [0.5, 0.6) is 0 Å². The molecule has 3 rings (SSSR count). The van der Waals surface area contributed by atoms with Crippen molar-refractivity contribution < 1.29 is 9.53 Å². The van der Waals surface area contributed by atoms with Crippen molar-refractivity contribution in [3.05, 3.63) is 41.6 Å². The molecule has 0 unspecified atom stereocenters. The summed E-state index contributed by atoms with van der Waals surface area (Å²) in [5.74, 6) is 0.0597. The molecule has 0 radical (unpaired) electrons. The molecule has 1 aromatic heterocycles. The fourth-order valence-electron chi connectivity index (χ4n) is 3.07. The minimum absolute atomic E-state index is 0.0597. The number of carbonyl (C=O) groups is 1. The van der Waals surface area contributed by atoms with Crippen molar-refractivity contribution in [1.82, 2.24) is 14.7 Å². The van der Waals surface area contributed by atoms with Crippen LogP contribution in [0.2, 0.25) is 0 Å². The Bertz CT molecular complexity index is 664. The average Bonchev–Trinajstić information content (AvgIpc) is 2.72. The van der Waals surface area contributed by atoms with E-state index in [1.807, 2.05) is 34.8 Å². The van der Waals surface area contributed by atoms with Crippen LogP contribution in [0.25, 0.3) is 11.3 Å². The summed E-state index contributed by atoms with van der Waals surface area (Å²) in [5, 5.41) is 4.70. The highest BCUT2D eigenvalue weighted by molar-refractivity contribution is 5.77. The highest BCUT2D eigenvalue weighted by atomic mass is 16.5. The molecule has 2 aromatic rings. The molecule has 0 saturated carbocycles. The lowest BCUT2D eigenvalue weighted by Crippen LogP contribution is -2.35. The van der Waals surface area contributed by atoms with E-state index in [-0.39, 0.29) is 12.5 Å². The molecule has 1 amide bonds. The quantitative estimate of drug-likeness (QED) is 0.866. The lowest BCUT2D eigenvalue weighted by atomic mass is 10.0. The van der Waals surface area contributed by atoms with Gasteiger partial charge in [0.05, 0.1) is 5.69 Å². The van der Waals surface area contributed by atoms with E-state index in [9.17, 15) is 4.79 Å². The van der Waals surface area contributed by atoms with Gasteiger partial charge in [0.25, 0.3) is 0 Å². The van der Waals surface area contributed by atoms with Crippen molar-refractivity contribution >= 4 is 5.91 Å². The summed E-state index contributed by atoms with van der Waals surface area (Å²) < 4.78 is 6.92. The molecule has 2 heterocycles. The molecule has 1 aliphatic heterocycles. The molecule has 0 spiro atoms. The lowest BCUT2D eigenvalue weighted by Gasteiger charge is -2.19. The van der Waals surface area contributed by atoms with Gasteiger partial charge >= 0.3 is 0 Å². The molecule has 0 saturated heterocycles. The fraction of sp³-hybridized carbons (Fsp3) is 0.412. The second-order valence-corrected chi connectivity index (χ2v) is 5.58. The normalized spacial score (nSPS) is 14.5. The monoisotopic (exact) mass is 299 g/mol. The van der Waals surface area contributed by atoms with E-state index in [1.54, 1.807) is 7.11 Å². The summed E-state index contributed by atoms with van der Waals surface area (Å²) in [7, 11) is 3.54. The van der Waals surface area contributed by atoms with E-state index >= 15 is 0 Å². The summed E-state index contributed by atoms with van der Waals surface area (Å²) in [6.07, 6.45) is 1.67. The van der Waals surface area contributed by atoms with Gasteiger partial charge in [0.1, 0.15) is 6.61 Å². The fourth-order valence-corrected chi connectivity index (χ4v) is 3.07. The van der Waals surface area contributed by atoms with Gasteiger partial charge < -0.3 is 9.64 Å². The van der Waals surface area contributed by atoms with Crippen LogP contribution in [0.4, 0.5) is 0 Å². The van der Waals surface area contributed by atoms with Gasteiger partial charge in [0.15, 0.2) is 0 Å².